The van der Waals surface area contributed by atoms with Crippen molar-refractivity contribution in [1.29, 1.82) is 0 Å². The second-order valence-corrected chi connectivity index (χ2v) is 3.85. The summed E-state index contributed by atoms with van der Waals surface area (Å²) in [6.07, 6.45) is 3.01. The zero-order valence-corrected chi connectivity index (χ0v) is 8.17. The van der Waals surface area contributed by atoms with E-state index < -0.39 is 10.5 Å². The predicted octanol–water partition coefficient (Wildman–Crippen LogP) is 0.431. The van der Waals surface area contributed by atoms with Gasteiger partial charge in [-0.1, -0.05) is 0 Å². The highest BCUT2D eigenvalue weighted by atomic mass is 16.6. The van der Waals surface area contributed by atoms with Gasteiger partial charge in [0.25, 0.3) is 0 Å². The van der Waals surface area contributed by atoms with E-state index in [1.165, 1.54) is 10.9 Å². The summed E-state index contributed by atoms with van der Waals surface area (Å²) in [6, 6.07) is 0. The molecule has 1 aromatic heterocycles. The van der Waals surface area contributed by atoms with Crippen LogP contribution in [0.5, 0.6) is 0 Å². The zero-order chi connectivity index (χ0) is 10.8. The van der Waals surface area contributed by atoms with Crippen LogP contribution in [-0.4, -0.2) is 25.4 Å². The third-order valence-electron chi connectivity index (χ3n) is 1.55. The van der Waals surface area contributed by atoms with E-state index in [2.05, 4.69) is 5.10 Å². The molecular weight excluding hydrogens is 186 g/mol. The highest BCUT2D eigenvalue weighted by Gasteiger charge is 2.14. The standard InChI is InChI=1S/C8H13N3O3/c1-8(2,12)6-10-4-7(3-9-10)5-11(13)14/h3-4,12H,5-6H2,1-2H3. The molecule has 0 saturated heterocycles. The third-order valence-corrected chi connectivity index (χ3v) is 1.55. The summed E-state index contributed by atoms with van der Waals surface area (Å²) in [5, 5.41) is 23.6. The average molecular weight is 199 g/mol. The van der Waals surface area contributed by atoms with Crippen LogP contribution in [0.25, 0.3) is 0 Å². The Balaban J connectivity index is 2.64. The molecule has 0 bridgehead atoms. The van der Waals surface area contributed by atoms with E-state index in [0.29, 0.717) is 12.1 Å². The monoisotopic (exact) mass is 199 g/mol. The van der Waals surface area contributed by atoms with Crippen LogP contribution in [0.2, 0.25) is 0 Å². The molecular formula is C8H13N3O3. The first kappa shape index (κ1) is 10.6. The van der Waals surface area contributed by atoms with Gasteiger partial charge in [-0.15, -0.1) is 0 Å². The van der Waals surface area contributed by atoms with Crippen LogP contribution in [0, 0.1) is 10.1 Å². The van der Waals surface area contributed by atoms with Crippen molar-refractivity contribution in [3.63, 3.8) is 0 Å². The first-order valence-electron chi connectivity index (χ1n) is 4.22. The topological polar surface area (TPSA) is 81.2 Å². The molecule has 0 unspecified atom stereocenters. The Hall–Kier alpha value is -1.43. The Morgan fingerprint density at radius 2 is 2.36 bits per heavy atom. The Labute approximate surface area is 81.3 Å². The Bertz CT molecular complexity index is 327. The van der Waals surface area contributed by atoms with Gasteiger partial charge in [-0.2, -0.15) is 5.10 Å². The van der Waals surface area contributed by atoms with Crippen molar-refractivity contribution in [1.82, 2.24) is 9.78 Å². The molecule has 0 aromatic carbocycles. The van der Waals surface area contributed by atoms with E-state index in [1.54, 1.807) is 20.0 Å². The number of aliphatic hydroxyl groups is 1. The fraction of sp³-hybridized carbons (Fsp3) is 0.625. The molecule has 0 amide bonds. The Kier molecular flexibility index (Phi) is 2.85. The van der Waals surface area contributed by atoms with Crippen LogP contribution in [0.1, 0.15) is 19.4 Å². The molecule has 0 aliphatic carbocycles. The van der Waals surface area contributed by atoms with Gasteiger partial charge in [0.1, 0.15) is 0 Å². The number of hydrogen-bond donors (Lipinski definition) is 1. The molecule has 0 saturated carbocycles. The van der Waals surface area contributed by atoms with Crippen LogP contribution >= 0.6 is 0 Å². The van der Waals surface area contributed by atoms with Gasteiger partial charge in [-0.05, 0) is 13.8 Å². The summed E-state index contributed by atoms with van der Waals surface area (Å²) in [4.78, 5) is 9.77. The lowest BCUT2D eigenvalue weighted by Crippen LogP contribution is -2.26. The molecule has 1 aromatic rings. The molecule has 1 N–H and O–H groups in total. The Morgan fingerprint density at radius 1 is 1.71 bits per heavy atom. The normalized spacial score (nSPS) is 11.6. The summed E-state index contributed by atoms with van der Waals surface area (Å²) in [5.41, 5.74) is -0.322. The van der Waals surface area contributed by atoms with E-state index in [-0.39, 0.29) is 6.54 Å². The molecule has 1 heterocycles. The van der Waals surface area contributed by atoms with Crippen LogP contribution in [0.15, 0.2) is 12.4 Å². The van der Waals surface area contributed by atoms with Gasteiger partial charge < -0.3 is 5.11 Å². The molecule has 6 nitrogen and oxygen atoms in total. The first-order chi connectivity index (χ1) is 6.37. The van der Waals surface area contributed by atoms with Crippen LogP contribution in [0.4, 0.5) is 0 Å². The molecule has 0 aliphatic rings. The molecule has 14 heavy (non-hydrogen) atoms. The maximum Gasteiger partial charge on any atom is 0.231 e. The SMILES string of the molecule is CC(C)(O)Cn1cc(C[N+](=O)[O-])cn1. The van der Waals surface area contributed by atoms with Crippen molar-refractivity contribution in [2.45, 2.75) is 32.5 Å². The van der Waals surface area contributed by atoms with Crippen molar-refractivity contribution in [3.8, 4) is 0 Å². The summed E-state index contributed by atoms with van der Waals surface area (Å²) in [7, 11) is 0. The molecule has 0 atom stereocenters. The maximum atomic E-state index is 10.2. The van der Waals surface area contributed by atoms with Crippen LogP contribution in [0.3, 0.4) is 0 Å². The van der Waals surface area contributed by atoms with Crippen LogP contribution in [-0.2, 0) is 13.1 Å². The maximum absolute atomic E-state index is 10.2. The van der Waals surface area contributed by atoms with Gasteiger partial charge in [-0.3, -0.25) is 14.8 Å². The summed E-state index contributed by atoms with van der Waals surface area (Å²) < 4.78 is 1.50. The second kappa shape index (κ2) is 3.75. The molecule has 78 valence electrons. The smallest absolute Gasteiger partial charge is 0.231 e. The minimum absolute atomic E-state index is 0.230. The molecule has 0 spiro atoms. The highest BCUT2D eigenvalue weighted by Crippen LogP contribution is 2.06. The lowest BCUT2D eigenvalue weighted by Gasteiger charge is -2.16. The second-order valence-electron chi connectivity index (χ2n) is 3.85. The summed E-state index contributed by atoms with van der Waals surface area (Å²) in [5.74, 6) is 0. The highest BCUT2D eigenvalue weighted by molar-refractivity contribution is 5.01. The number of nitrogens with zero attached hydrogens (tertiary/aromatic N) is 3. The number of aromatic nitrogens is 2. The molecule has 0 radical (unpaired) electrons. The van der Waals surface area contributed by atoms with E-state index >= 15 is 0 Å². The zero-order valence-electron chi connectivity index (χ0n) is 8.17. The minimum atomic E-state index is -0.863. The lowest BCUT2D eigenvalue weighted by molar-refractivity contribution is -0.496. The van der Waals surface area contributed by atoms with Gasteiger partial charge in [0.05, 0.1) is 23.9 Å². The van der Waals surface area contributed by atoms with Crippen LogP contribution < -0.4 is 0 Å². The summed E-state index contributed by atoms with van der Waals surface area (Å²) in [6.45, 7) is 3.40. The quantitative estimate of drug-likeness (QED) is 0.563. The van der Waals surface area contributed by atoms with Crippen molar-refractivity contribution >= 4 is 0 Å². The van der Waals surface area contributed by atoms with Gasteiger partial charge in [0, 0.05) is 11.1 Å². The van der Waals surface area contributed by atoms with Gasteiger partial charge in [0.2, 0.25) is 6.54 Å². The number of nitro groups is 1. The fourth-order valence-electron chi connectivity index (χ4n) is 1.12. The number of hydrogen-bond acceptors (Lipinski definition) is 4. The average Bonchev–Trinajstić information content (AvgIpc) is 2.30. The van der Waals surface area contributed by atoms with Crippen molar-refractivity contribution in [2.24, 2.45) is 0 Å². The van der Waals surface area contributed by atoms with Crippen molar-refractivity contribution in [3.05, 3.63) is 28.1 Å². The molecule has 6 heteroatoms. The molecule has 1 rings (SSSR count). The Morgan fingerprint density at radius 3 is 2.86 bits per heavy atom. The fourth-order valence-corrected chi connectivity index (χ4v) is 1.12. The van der Waals surface area contributed by atoms with E-state index in [4.69, 9.17) is 0 Å². The predicted molar refractivity (Wildman–Crippen MR) is 49.2 cm³/mol. The lowest BCUT2D eigenvalue weighted by atomic mass is 10.1. The minimum Gasteiger partial charge on any atom is -0.389 e. The largest absolute Gasteiger partial charge is 0.389 e. The molecule has 0 aliphatic heterocycles. The van der Waals surface area contributed by atoms with Gasteiger partial charge >= 0.3 is 0 Å². The van der Waals surface area contributed by atoms with Crippen molar-refractivity contribution < 1.29 is 10.0 Å². The van der Waals surface area contributed by atoms with E-state index in [9.17, 15) is 15.2 Å². The van der Waals surface area contributed by atoms with Gasteiger partial charge in [0.15, 0.2) is 0 Å². The van der Waals surface area contributed by atoms with E-state index in [1.807, 2.05) is 0 Å². The summed E-state index contributed by atoms with van der Waals surface area (Å²) >= 11 is 0. The molecule has 0 fully saturated rings. The number of rotatable bonds is 4. The van der Waals surface area contributed by atoms with Crippen molar-refractivity contribution in [2.75, 3.05) is 0 Å². The van der Waals surface area contributed by atoms with Gasteiger partial charge in [-0.25, -0.2) is 0 Å². The first-order valence-corrected chi connectivity index (χ1v) is 4.22. The third kappa shape index (κ3) is 3.53. The van der Waals surface area contributed by atoms with E-state index in [0.717, 1.165) is 0 Å².